The van der Waals surface area contributed by atoms with Crippen LogP contribution in [0.15, 0.2) is 53.4 Å². The highest BCUT2D eigenvalue weighted by atomic mass is 32.2. The number of phenolic OH excluding ortho intramolecular Hbond substituents is 1. The van der Waals surface area contributed by atoms with Gasteiger partial charge in [0.1, 0.15) is 5.75 Å². The van der Waals surface area contributed by atoms with Gasteiger partial charge in [0.25, 0.3) is 17.5 Å². The van der Waals surface area contributed by atoms with Gasteiger partial charge in [-0.25, -0.2) is 0 Å². The second kappa shape index (κ2) is 7.56. The minimum Gasteiger partial charge on any atom is -0.507 e. The smallest absolute Gasteiger partial charge is 0.285 e. The lowest BCUT2D eigenvalue weighted by molar-refractivity contribution is -0.384. The van der Waals surface area contributed by atoms with Crippen LogP contribution in [0.5, 0.6) is 5.75 Å². The van der Waals surface area contributed by atoms with Gasteiger partial charge in [0, 0.05) is 23.3 Å². The molecule has 1 heterocycles. The van der Waals surface area contributed by atoms with Crippen molar-refractivity contribution in [2.24, 2.45) is 0 Å². The molecule has 1 fully saturated rings. The van der Waals surface area contributed by atoms with Gasteiger partial charge >= 0.3 is 0 Å². The summed E-state index contributed by atoms with van der Waals surface area (Å²) in [6, 6.07) is 11.8. The zero-order valence-electron chi connectivity index (χ0n) is 13.5. The highest BCUT2D eigenvalue weighted by molar-refractivity contribution is 8.26. The van der Waals surface area contributed by atoms with E-state index in [-0.39, 0.29) is 26.2 Å². The molecule has 1 aliphatic rings. The summed E-state index contributed by atoms with van der Waals surface area (Å²) in [7, 11) is 0. The Morgan fingerprint density at radius 3 is 2.63 bits per heavy atom. The van der Waals surface area contributed by atoms with Crippen LogP contribution in [0, 0.1) is 10.1 Å². The van der Waals surface area contributed by atoms with E-state index in [0.29, 0.717) is 5.56 Å². The highest BCUT2D eigenvalue weighted by Crippen LogP contribution is 2.34. The summed E-state index contributed by atoms with van der Waals surface area (Å²) in [6.45, 7) is 0. The number of thioether (sulfide) groups is 1. The molecule has 1 saturated heterocycles. The van der Waals surface area contributed by atoms with Crippen molar-refractivity contribution < 1.29 is 19.6 Å². The third-order valence-electron chi connectivity index (χ3n) is 3.55. The number of rotatable bonds is 4. The van der Waals surface area contributed by atoms with Crippen LogP contribution < -0.4 is 5.43 Å². The molecule has 3 rings (SSSR count). The fraction of sp³-hybridized carbons (Fsp3) is 0. The molecule has 0 radical (unpaired) electrons. The first-order valence-electron chi connectivity index (χ1n) is 7.48. The molecule has 2 aromatic rings. The second-order valence-corrected chi connectivity index (χ2v) is 7.00. The van der Waals surface area contributed by atoms with Crippen molar-refractivity contribution in [3.05, 3.63) is 74.7 Å². The average molecular weight is 401 g/mol. The minimum atomic E-state index is -0.609. The number of nitro benzene ring substituents is 1. The first kappa shape index (κ1) is 18.5. The van der Waals surface area contributed by atoms with E-state index in [4.69, 9.17) is 12.2 Å². The van der Waals surface area contributed by atoms with Crippen LogP contribution in [0.4, 0.5) is 5.69 Å². The van der Waals surface area contributed by atoms with Crippen LogP contribution in [-0.2, 0) is 4.79 Å². The molecule has 0 spiro atoms. The molecule has 10 heteroatoms. The summed E-state index contributed by atoms with van der Waals surface area (Å²) >= 11 is 6.03. The molecular formula is C17H11N3O5S2. The standard InChI is InChI=1S/C17H11N3O5S2/c21-13-7-6-12(20(24)25)8-11(13)9-14-16(23)19(17(26)27-14)18-15(22)10-4-2-1-3-5-10/h1-9,21H,(H,18,22). The van der Waals surface area contributed by atoms with E-state index < -0.39 is 16.7 Å². The number of nitrogens with zero attached hydrogens (tertiary/aromatic N) is 2. The number of thiocarbonyl (C=S) groups is 1. The third kappa shape index (κ3) is 3.96. The predicted molar refractivity (Wildman–Crippen MR) is 104 cm³/mol. The second-order valence-electron chi connectivity index (χ2n) is 5.32. The lowest BCUT2D eigenvalue weighted by atomic mass is 10.1. The summed E-state index contributed by atoms with van der Waals surface area (Å²) in [6.07, 6.45) is 1.29. The summed E-state index contributed by atoms with van der Waals surface area (Å²) in [5.41, 5.74) is 2.65. The van der Waals surface area contributed by atoms with Gasteiger partial charge < -0.3 is 5.11 Å². The number of hydrazine groups is 1. The molecule has 0 bridgehead atoms. The Morgan fingerprint density at radius 2 is 1.96 bits per heavy atom. The predicted octanol–water partition coefficient (Wildman–Crippen LogP) is 2.85. The summed E-state index contributed by atoms with van der Waals surface area (Å²) in [4.78, 5) is 35.1. The van der Waals surface area contributed by atoms with Gasteiger partial charge in [-0.3, -0.25) is 25.1 Å². The number of carbonyl (C=O) groups is 2. The van der Waals surface area contributed by atoms with Crippen LogP contribution in [0.2, 0.25) is 0 Å². The lowest BCUT2D eigenvalue weighted by Gasteiger charge is -2.15. The lowest BCUT2D eigenvalue weighted by Crippen LogP contribution is -2.44. The number of aromatic hydroxyl groups is 1. The first-order valence-corrected chi connectivity index (χ1v) is 8.70. The van der Waals surface area contributed by atoms with Crippen LogP contribution in [0.3, 0.4) is 0 Å². The van der Waals surface area contributed by atoms with Gasteiger partial charge in [-0.15, -0.1) is 0 Å². The molecule has 2 amide bonds. The molecule has 2 N–H and O–H groups in total. The number of non-ortho nitro benzene ring substituents is 1. The zero-order valence-corrected chi connectivity index (χ0v) is 15.1. The van der Waals surface area contributed by atoms with Gasteiger partial charge in [0.2, 0.25) is 0 Å². The SMILES string of the molecule is O=C(NN1C(=O)C(=Cc2cc([N+](=O)[O-])ccc2O)SC1=S)c1ccccc1. The van der Waals surface area contributed by atoms with Crippen LogP contribution in [0.1, 0.15) is 15.9 Å². The topological polar surface area (TPSA) is 113 Å². The summed E-state index contributed by atoms with van der Waals surface area (Å²) < 4.78 is 0.0976. The average Bonchev–Trinajstić information content (AvgIpc) is 2.91. The van der Waals surface area contributed by atoms with Crippen molar-refractivity contribution >= 4 is 51.9 Å². The Labute approximate surface area is 162 Å². The van der Waals surface area contributed by atoms with E-state index in [1.165, 1.54) is 12.1 Å². The molecule has 8 nitrogen and oxygen atoms in total. The Bertz CT molecular complexity index is 991. The highest BCUT2D eigenvalue weighted by Gasteiger charge is 2.34. The Balaban J connectivity index is 1.84. The van der Waals surface area contributed by atoms with E-state index >= 15 is 0 Å². The Kier molecular flexibility index (Phi) is 5.19. The number of carbonyl (C=O) groups excluding carboxylic acids is 2. The number of hydrogen-bond acceptors (Lipinski definition) is 7. The van der Waals surface area contributed by atoms with Crippen LogP contribution in [-0.4, -0.2) is 31.2 Å². The van der Waals surface area contributed by atoms with Crippen LogP contribution in [0.25, 0.3) is 6.08 Å². The van der Waals surface area contributed by atoms with Crippen molar-refractivity contribution in [3.8, 4) is 5.75 Å². The molecule has 2 aromatic carbocycles. The van der Waals surface area contributed by atoms with E-state index in [2.05, 4.69) is 5.43 Å². The van der Waals surface area contributed by atoms with E-state index in [1.807, 2.05) is 0 Å². The van der Waals surface area contributed by atoms with Gasteiger partial charge in [0.05, 0.1) is 9.83 Å². The van der Waals surface area contributed by atoms with Gasteiger partial charge in [0.15, 0.2) is 4.32 Å². The third-order valence-corrected chi connectivity index (χ3v) is 4.85. The minimum absolute atomic E-state index is 0.0964. The molecule has 0 unspecified atom stereocenters. The maximum atomic E-state index is 12.5. The maximum Gasteiger partial charge on any atom is 0.285 e. The molecule has 0 saturated carbocycles. The van der Waals surface area contributed by atoms with Crippen molar-refractivity contribution in [1.29, 1.82) is 0 Å². The van der Waals surface area contributed by atoms with E-state index in [1.54, 1.807) is 30.3 Å². The first-order chi connectivity index (χ1) is 12.9. The number of amides is 2. The fourth-order valence-corrected chi connectivity index (χ4v) is 3.40. The van der Waals surface area contributed by atoms with E-state index in [9.17, 15) is 24.8 Å². The van der Waals surface area contributed by atoms with Gasteiger partial charge in [-0.05, 0) is 36.5 Å². The fourth-order valence-electron chi connectivity index (χ4n) is 2.23. The van der Waals surface area contributed by atoms with Gasteiger partial charge in [-0.1, -0.05) is 30.0 Å². The Hall–Kier alpha value is -3.24. The monoisotopic (exact) mass is 401 g/mol. The number of hydrogen-bond donors (Lipinski definition) is 2. The van der Waals surface area contributed by atoms with Gasteiger partial charge in [-0.2, -0.15) is 5.01 Å². The number of phenols is 1. The quantitative estimate of drug-likeness (QED) is 0.350. The van der Waals surface area contributed by atoms with Crippen molar-refractivity contribution in [1.82, 2.24) is 10.4 Å². The number of nitro groups is 1. The number of nitrogens with one attached hydrogen (secondary N) is 1. The Morgan fingerprint density at radius 1 is 1.26 bits per heavy atom. The van der Waals surface area contributed by atoms with E-state index in [0.717, 1.165) is 28.9 Å². The van der Waals surface area contributed by atoms with Crippen molar-refractivity contribution in [2.75, 3.05) is 0 Å². The maximum absolute atomic E-state index is 12.5. The summed E-state index contributed by atoms with van der Waals surface area (Å²) in [5, 5.41) is 21.7. The molecule has 0 aromatic heterocycles. The summed E-state index contributed by atoms with van der Waals surface area (Å²) in [5.74, 6) is -1.33. The normalized spacial score (nSPS) is 15.3. The van der Waals surface area contributed by atoms with Crippen LogP contribution >= 0.6 is 24.0 Å². The molecule has 0 aliphatic carbocycles. The molecular weight excluding hydrogens is 390 g/mol. The van der Waals surface area contributed by atoms with Crippen molar-refractivity contribution in [3.63, 3.8) is 0 Å². The molecule has 0 atom stereocenters. The zero-order chi connectivity index (χ0) is 19.6. The van der Waals surface area contributed by atoms with Crippen molar-refractivity contribution in [2.45, 2.75) is 0 Å². The number of benzene rings is 2. The molecule has 27 heavy (non-hydrogen) atoms. The molecule has 136 valence electrons. The molecule has 1 aliphatic heterocycles. The largest absolute Gasteiger partial charge is 0.507 e.